The molecule has 4 rings (SSSR count). The molecular weight excluding hydrogens is 469 g/mol. The SMILES string of the molecule is CCCN1CC(=O)N2C(Cc3cc(O)ccc3C2(C)C)C1=O.NC(Cc1cc(O)ccc1F)C(=O)O. The van der Waals surface area contributed by atoms with Crippen LogP contribution in [0.15, 0.2) is 36.4 Å². The Morgan fingerprint density at radius 3 is 2.44 bits per heavy atom. The van der Waals surface area contributed by atoms with E-state index in [0.29, 0.717) is 13.0 Å². The van der Waals surface area contributed by atoms with Gasteiger partial charge >= 0.3 is 5.97 Å². The second-order valence-corrected chi connectivity index (χ2v) is 9.57. The van der Waals surface area contributed by atoms with Crippen LogP contribution in [0.3, 0.4) is 0 Å². The van der Waals surface area contributed by atoms with Gasteiger partial charge in [0.1, 0.15) is 29.4 Å². The molecule has 0 aliphatic carbocycles. The predicted molar refractivity (Wildman–Crippen MR) is 130 cm³/mol. The highest BCUT2D eigenvalue weighted by molar-refractivity contribution is 5.96. The largest absolute Gasteiger partial charge is 0.508 e. The number of carbonyl (C=O) groups excluding carboxylic acids is 2. The average Bonchev–Trinajstić information content (AvgIpc) is 2.79. The standard InChI is InChI=1S/C17H22N2O3.C9H10FNO3/c1-4-7-18-10-15(21)19-14(16(18)22)9-11-8-12(20)5-6-13(11)17(19,2)3;10-7-2-1-6(12)3-5(7)4-8(11)9(13)14/h5-6,8,14,20H,4,7,9-10H2,1-3H3;1-3,8,12H,4,11H2,(H,13,14). The first-order chi connectivity index (χ1) is 16.9. The molecule has 0 aromatic heterocycles. The first kappa shape index (κ1) is 26.9. The Morgan fingerprint density at radius 1 is 1.17 bits per heavy atom. The number of rotatable bonds is 5. The molecule has 0 saturated carbocycles. The Kier molecular flexibility index (Phi) is 7.88. The summed E-state index contributed by atoms with van der Waals surface area (Å²) in [5.41, 5.74) is 6.73. The Balaban J connectivity index is 0.000000223. The number of benzene rings is 2. The molecule has 2 aliphatic heterocycles. The number of aliphatic carboxylic acids is 1. The van der Waals surface area contributed by atoms with Gasteiger partial charge in [-0.2, -0.15) is 0 Å². The summed E-state index contributed by atoms with van der Waals surface area (Å²) >= 11 is 0. The summed E-state index contributed by atoms with van der Waals surface area (Å²) in [6, 6.07) is 7.01. The fourth-order valence-corrected chi connectivity index (χ4v) is 4.88. The van der Waals surface area contributed by atoms with E-state index in [0.717, 1.165) is 29.7 Å². The zero-order valence-electron chi connectivity index (χ0n) is 20.6. The number of hydrogen-bond donors (Lipinski definition) is 4. The number of carboxylic acid groups (broad SMARTS) is 1. The van der Waals surface area contributed by atoms with Crippen molar-refractivity contribution in [2.45, 2.75) is 57.7 Å². The Morgan fingerprint density at radius 2 is 1.81 bits per heavy atom. The van der Waals surface area contributed by atoms with Gasteiger partial charge in [0.2, 0.25) is 11.8 Å². The number of carboxylic acids is 1. The van der Waals surface area contributed by atoms with E-state index < -0.39 is 29.4 Å². The number of hydrogen-bond acceptors (Lipinski definition) is 6. The highest BCUT2D eigenvalue weighted by atomic mass is 19.1. The number of phenolic OH excluding ortho intramolecular Hbond substituents is 2. The van der Waals surface area contributed by atoms with Crippen LogP contribution in [0.25, 0.3) is 0 Å². The molecule has 5 N–H and O–H groups in total. The lowest BCUT2D eigenvalue weighted by Gasteiger charge is -2.52. The molecule has 2 atom stereocenters. The van der Waals surface area contributed by atoms with E-state index in [1.165, 1.54) is 6.07 Å². The summed E-state index contributed by atoms with van der Waals surface area (Å²) in [6.45, 7) is 6.72. The number of nitrogens with zero attached hydrogens (tertiary/aromatic N) is 2. The fourth-order valence-electron chi connectivity index (χ4n) is 4.88. The maximum Gasteiger partial charge on any atom is 0.320 e. The van der Waals surface area contributed by atoms with Crippen LogP contribution in [0.2, 0.25) is 0 Å². The van der Waals surface area contributed by atoms with Crippen molar-refractivity contribution >= 4 is 17.8 Å². The number of carbonyl (C=O) groups is 3. The number of phenols is 2. The lowest BCUT2D eigenvalue weighted by Crippen LogP contribution is -2.67. The lowest BCUT2D eigenvalue weighted by molar-refractivity contribution is -0.163. The summed E-state index contributed by atoms with van der Waals surface area (Å²) < 4.78 is 13.0. The second-order valence-electron chi connectivity index (χ2n) is 9.57. The highest BCUT2D eigenvalue weighted by Gasteiger charge is 2.49. The summed E-state index contributed by atoms with van der Waals surface area (Å²) in [5.74, 6) is -1.67. The molecule has 1 fully saturated rings. The van der Waals surface area contributed by atoms with Gasteiger partial charge in [0.15, 0.2) is 0 Å². The van der Waals surface area contributed by atoms with Crippen LogP contribution in [-0.4, -0.2) is 68.1 Å². The molecule has 36 heavy (non-hydrogen) atoms. The maximum atomic E-state index is 13.0. The van der Waals surface area contributed by atoms with Gasteiger partial charge in [0, 0.05) is 19.4 Å². The molecule has 1 saturated heterocycles. The summed E-state index contributed by atoms with van der Waals surface area (Å²) in [5, 5.41) is 27.3. The number of amides is 2. The second kappa shape index (κ2) is 10.5. The molecule has 2 aliphatic rings. The summed E-state index contributed by atoms with van der Waals surface area (Å²) in [7, 11) is 0. The molecule has 2 aromatic carbocycles. The number of fused-ring (bicyclic) bond motifs is 2. The average molecular weight is 502 g/mol. The highest BCUT2D eigenvalue weighted by Crippen LogP contribution is 2.41. The number of aromatic hydroxyl groups is 2. The third-order valence-corrected chi connectivity index (χ3v) is 6.55. The van der Waals surface area contributed by atoms with Crippen LogP contribution in [0.1, 0.15) is 43.9 Å². The molecule has 2 amide bonds. The van der Waals surface area contributed by atoms with E-state index in [2.05, 4.69) is 0 Å². The molecule has 194 valence electrons. The molecular formula is C26H32FN3O6. The van der Waals surface area contributed by atoms with Gasteiger partial charge in [0.25, 0.3) is 0 Å². The Bertz CT molecular complexity index is 1170. The van der Waals surface area contributed by atoms with Gasteiger partial charge in [0.05, 0.1) is 12.1 Å². The molecule has 0 spiro atoms. The normalized spacial score (nSPS) is 19.1. The minimum absolute atomic E-state index is 0.00164. The van der Waals surface area contributed by atoms with Crippen molar-refractivity contribution in [1.82, 2.24) is 9.80 Å². The molecule has 2 aromatic rings. The predicted octanol–water partition coefficient (Wildman–Crippen LogP) is 2.12. The van der Waals surface area contributed by atoms with Crippen LogP contribution >= 0.6 is 0 Å². The number of nitrogens with two attached hydrogens (primary N) is 1. The first-order valence-electron chi connectivity index (χ1n) is 11.8. The van der Waals surface area contributed by atoms with Gasteiger partial charge in [-0.3, -0.25) is 14.4 Å². The van der Waals surface area contributed by atoms with E-state index in [4.69, 9.17) is 15.9 Å². The lowest BCUT2D eigenvalue weighted by atomic mass is 9.78. The monoisotopic (exact) mass is 501 g/mol. The number of piperazine rings is 1. The molecule has 0 radical (unpaired) electrons. The molecule has 10 heteroatoms. The summed E-state index contributed by atoms with van der Waals surface area (Å²) in [4.78, 5) is 39.2. The van der Waals surface area contributed by atoms with Crippen molar-refractivity contribution < 1.29 is 34.1 Å². The van der Waals surface area contributed by atoms with E-state index in [1.54, 1.807) is 21.9 Å². The Hall–Kier alpha value is -3.66. The molecule has 2 unspecified atom stereocenters. The third kappa shape index (κ3) is 5.43. The van der Waals surface area contributed by atoms with Crippen LogP contribution in [0.4, 0.5) is 4.39 Å². The zero-order chi connectivity index (χ0) is 26.8. The minimum atomic E-state index is -1.20. The zero-order valence-corrected chi connectivity index (χ0v) is 20.6. The van der Waals surface area contributed by atoms with Gasteiger partial charge in [-0.1, -0.05) is 13.0 Å². The first-order valence-corrected chi connectivity index (χ1v) is 11.8. The van der Waals surface area contributed by atoms with Crippen molar-refractivity contribution in [2.24, 2.45) is 5.73 Å². The summed E-state index contributed by atoms with van der Waals surface area (Å²) in [6.07, 6.45) is 1.17. The van der Waals surface area contributed by atoms with E-state index in [9.17, 15) is 23.9 Å². The Labute approximate surface area is 208 Å². The fraction of sp³-hybridized carbons (Fsp3) is 0.423. The van der Waals surface area contributed by atoms with Crippen LogP contribution in [0, 0.1) is 5.82 Å². The third-order valence-electron chi connectivity index (χ3n) is 6.55. The number of halogens is 1. The van der Waals surface area contributed by atoms with E-state index >= 15 is 0 Å². The van der Waals surface area contributed by atoms with Gasteiger partial charge < -0.3 is 30.9 Å². The van der Waals surface area contributed by atoms with Crippen LogP contribution in [-0.2, 0) is 32.8 Å². The van der Waals surface area contributed by atoms with Crippen molar-refractivity contribution in [3.05, 3.63) is 58.9 Å². The van der Waals surface area contributed by atoms with Gasteiger partial charge in [-0.15, -0.1) is 0 Å². The van der Waals surface area contributed by atoms with Crippen molar-refractivity contribution in [3.63, 3.8) is 0 Å². The van der Waals surface area contributed by atoms with Gasteiger partial charge in [-0.05, 0) is 67.3 Å². The van der Waals surface area contributed by atoms with E-state index in [1.807, 2.05) is 26.8 Å². The quantitative estimate of drug-likeness (QED) is 0.491. The van der Waals surface area contributed by atoms with Crippen molar-refractivity contribution in [2.75, 3.05) is 13.1 Å². The van der Waals surface area contributed by atoms with Crippen LogP contribution < -0.4 is 5.73 Å². The van der Waals surface area contributed by atoms with Gasteiger partial charge in [-0.25, -0.2) is 4.39 Å². The smallest absolute Gasteiger partial charge is 0.320 e. The molecule has 9 nitrogen and oxygen atoms in total. The molecule has 2 heterocycles. The maximum absolute atomic E-state index is 13.0. The molecule has 0 bridgehead atoms. The van der Waals surface area contributed by atoms with Crippen molar-refractivity contribution in [3.8, 4) is 11.5 Å². The topological polar surface area (TPSA) is 144 Å². The minimum Gasteiger partial charge on any atom is -0.508 e. The van der Waals surface area contributed by atoms with E-state index in [-0.39, 0.29) is 41.8 Å². The van der Waals surface area contributed by atoms with Crippen molar-refractivity contribution in [1.29, 1.82) is 0 Å². The van der Waals surface area contributed by atoms with Crippen LogP contribution in [0.5, 0.6) is 11.5 Å².